The van der Waals surface area contributed by atoms with Crippen molar-refractivity contribution < 1.29 is 8.42 Å². The molecule has 1 aliphatic heterocycles. The van der Waals surface area contributed by atoms with Crippen LogP contribution in [0.15, 0.2) is 41.3 Å². The van der Waals surface area contributed by atoms with Crippen molar-refractivity contribution in [2.45, 2.75) is 43.4 Å². The molecule has 27 heavy (non-hydrogen) atoms. The van der Waals surface area contributed by atoms with Gasteiger partial charge >= 0.3 is 0 Å². The molecular weight excluding hydrogens is 403 g/mol. The van der Waals surface area contributed by atoms with Gasteiger partial charge in [0.1, 0.15) is 0 Å². The third kappa shape index (κ3) is 4.96. The van der Waals surface area contributed by atoms with Crippen LogP contribution in [0.2, 0.25) is 5.02 Å². The van der Waals surface area contributed by atoms with Crippen LogP contribution >= 0.6 is 24.0 Å². The van der Waals surface area contributed by atoms with Gasteiger partial charge in [-0.2, -0.15) is 0 Å². The number of anilines is 1. The molecule has 3 rings (SSSR count). The molecule has 0 aliphatic carbocycles. The van der Waals surface area contributed by atoms with Crippen molar-refractivity contribution in [2.24, 2.45) is 0 Å². The van der Waals surface area contributed by atoms with Crippen molar-refractivity contribution in [3.8, 4) is 0 Å². The van der Waals surface area contributed by atoms with Gasteiger partial charge in [0.25, 0.3) is 0 Å². The molecule has 0 saturated heterocycles. The predicted octanol–water partition coefficient (Wildman–Crippen LogP) is 4.24. The summed E-state index contributed by atoms with van der Waals surface area (Å²) in [6.07, 6.45) is 1.95. The third-order valence-electron chi connectivity index (χ3n) is 4.82. The first-order valence-electron chi connectivity index (χ1n) is 8.97. The lowest BCUT2D eigenvalue weighted by atomic mass is 10.0. The summed E-state index contributed by atoms with van der Waals surface area (Å²) in [6.45, 7) is 5.93. The highest BCUT2D eigenvalue weighted by Crippen LogP contribution is 2.31. The molecule has 2 N–H and O–H groups in total. The Morgan fingerprint density at radius 3 is 2.41 bits per heavy atom. The maximum absolute atomic E-state index is 12.2. The van der Waals surface area contributed by atoms with Crippen molar-refractivity contribution in [2.75, 3.05) is 18.4 Å². The van der Waals surface area contributed by atoms with Gasteiger partial charge in [-0.15, -0.1) is 12.4 Å². The topological polar surface area (TPSA) is 58.2 Å². The van der Waals surface area contributed by atoms with Gasteiger partial charge in [0.05, 0.1) is 20.9 Å². The van der Waals surface area contributed by atoms with Crippen LogP contribution in [0.25, 0.3) is 0 Å². The van der Waals surface area contributed by atoms with Crippen LogP contribution < -0.4 is 10.6 Å². The molecule has 1 aliphatic rings. The van der Waals surface area contributed by atoms with E-state index < -0.39 is 15.1 Å². The Labute approximate surface area is 173 Å². The first kappa shape index (κ1) is 22.0. The largest absolute Gasteiger partial charge is 0.380 e. The van der Waals surface area contributed by atoms with Gasteiger partial charge in [0.2, 0.25) is 0 Å². The number of nitrogens with one attached hydrogen (secondary N) is 2. The van der Waals surface area contributed by atoms with Crippen LogP contribution in [0.1, 0.15) is 30.5 Å². The Balaban J connectivity index is 0.00000261. The smallest absolute Gasteiger partial charge is 0.180 e. The number of sulfone groups is 1. The van der Waals surface area contributed by atoms with Crippen LogP contribution in [0.5, 0.6) is 0 Å². The zero-order valence-electron chi connectivity index (χ0n) is 15.6. The van der Waals surface area contributed by atoms with E-state index in [2.05, 4.69) is 16.7 Å². The molecule has 0 amide bonds. The van der Waals surface area contributed by atoms with Crippen LogP contribution in [-0.2, 0) is 29.2 Å². The maximum atomic E-state index is 12.2. The Morgan fingerprint density at radius 2 is 1.74 bits per heavy atom. The lowest BCUT2D eigenvalue weighted by Crippen LogP contribution is -2.16. The minimum Gasteiger partial charge on any atom is -0.380 e. The van der Waals surface area contributed by atoms with E-state index in [1.54, 1.807) is 26.0 Å². The van der Waals surface area contributed by atoms with E-state index in [1.165, 1.54) is 11.1 Å². The third-order valence-corrected chi connectivity index (χ3v) is 7.31. The summed E-state index contributed by atoms with van der Waals surface area (Å²) < 4.78 is 24.4. The molecule has 148 valence electrons. The second kappa shape index (κ2) is 9.28. The Bertz CT molecular complexity index is 882. The molecule has 2 aromatic carbocycles. The minimum absolute atomic E-state index is 0. The van der Waals surface area contributed by atoms with Gasteiger partial charge in [0, 0.05) is 6.54 Å². The predicted molar refractivity (Wildman–Crippen MR) is 115 cm³/mol. The quantitative estimate of drug-likeness (QED) is 0.747. The molecule has 4 nitrogen and oxygen atoms in total. The van der Waals surface area contributed by atoms with E-state index in [1.807, 2.05) is 18.2 Å². The van der Waals surface area contributed by atoms with Crippen molar-refractivity contribution in [3.63, 3.8) is 0 Å². The molecule has 0 saturated carbocycles. The van der Waals surface area contributed by atoms with E-state index in [-0.39, 0.29) is 12.4 Å². The fourth-order valence-electron chi connectivity index (χ4n) is 3.19. The first-order chi connectivity index (χ1) is 12.4. The summed E-state index contributed by atoms with van der Waals surface area (Å²) in [7, 11) is -3.23. The Hall–Kier alpha value is -1.27. The fourth-order valence-corrected chi connectivity index (χ4v) is 4.50. The lowest BCUT2D eigenvalue weighted by Gasteiger charge is -2.16. The molecule has 0 radical (unpaired) electrons. The molecule has 0 atom stereocenters. The number of halogens is 2. The van der Waals surface area contributed by atoms with E-state index >= 15 is 0 Å². The molecule has 0 fully saturated rings. The Morgan fingerprint density at radius 1 is 1.07 bits per heavy atom. The van der Waals surface area contributed by atoms with Crippen molar-refractivity contribution in [1.82, 2.24) is 5.32 Å². The number of hydrogen-bond acceptors (Lipinski definition) is 4. The molecule has 0 spiro atoms. The molecule has 0 aromatic heterocycles. The van der Waals surface area contributed by atoms with Crippen molar-refractivity contribution in [3.05, 3.63) is 58.1 Å². The maximum Gasteiger partial charge on any atom is 0.180 e. The van der Waals surface area contributed by atoms with Gasteiger partial charge < -0.3 is 10.6 Å². The summed E-state index contributed by atoms with van der Waals surface area (Å²) in [5, 5.41) is 7.18. The number of benzene rings is 2. The summed E-state index contributed by atoms with van der Waals surface area (Å²) in [5.41, 5.74) is 4.63. The van der Waals surface area contributed by atoms with Gasteiger partial charge in [-0.1, -0.05) is 29.8 Å². The highest BCUT2D eigenvalue weighted by molar-refractivity contribution is 7.92. The van der Waals surface area contributed by atoms with Gasteiger partial charge in [-0.3, -0.25) is 0 Å². The fraction of sp³-hybridized carbons (Fsp3) is 0.400. The normalized spacial score (nSPS) is 14.2. The zero-order chi connectivity index (χ0) is 18.7. The van der Waals surface area contributed by atoms with Crippen LogP contribution in [0.4, 0.5) is 5.69 Å². The number of hydrogen-bond donors (Lipinski definition) is 2. The minimum atomic E-state index is -3.23. The molecule has 7 heteroatoms. The van der Waals surface area contributed by atoms with Crippen molar-refractivity contribution >= 4 is 39.5 Å². The molecule has 0 bridgehead atoms. The van der Waals surface area contributed by atoms with Crippen LogP contribution in [0.3, 0.4) is 0 Å². The average molecular weight is 429 g/mol. The standard InChI is InChI=1S/C20H25ClN2O2S.ClH/c1-14(2)26(24,25)17-6-3-15(4-7-17)13-23-20-18-10-12-22-11-9-16(18)5-8-19(20)21;/h3-8,14,22-23H,9-13H2,1-2H3;1H. The summed E-state index contributed by atoms with van der Waals surface area (Å²) >= 11 is 6.44. The average Bonchev–Trinajstić information content (AvgIpc) is 2.86. The second-order valence-corrected chi connectivity index (χ2v) is 9.81. The SMILES string of the molecule is CC(C)S(=O)(=O)c1ccc(CNc2c(Cl)ccc3c2CCNCC3)cc1.Cl. The van der Waals surface area contributed by atoms with E-state index in [4.69, 9.17) is 11.6 Å². The van der Waals surface area contributed by atoms with E-state index in [0.29, 0.717) is 11.4 Å². The van der Waals surface area contributed by atoms with Gasteiger partial charge in [-0.25, -0.2) is 8.42 Å². The molecular formula is C20H26Cl2N2O2S. The highest BCUT2D eigenvalue weighted by Gasteiger charge is 2.19. The molecule has 1 heterocycles. The second-order valence-electron chi connectivity index (χ2n) is 6.90. The lowest BCUT2D eigenvalue weighted by molar-refractivity contribution is 0.587. The van der Waals surface area contributed by atoms with Crippen molar-refractivity contribution in [1.29, 1.82) is 0 Å². The molecule has 0 unspecified atom stereocenters. The summed E-state index contributed by atoms with van der Waals surface area (Å²) in [4.78, 5) is 0.369. The zero-order valence-corrected chi connectivity index (χ0v) is 18.0. The Kier molecular flexibility index (Phi) is 7.57. The first-order valence-corrected chi connectivity index (χ1v) is 10.9. The monoisotopic (exact) mass is 428 g/mol. The number of fused-ring (bicyclic) bond motifs is 1. The summed E-state index contributed by atoms with van der Waals surface area (Å²) in [5.74, 6) is 0. The summed E-state index contributed by atoms with van der Waals surface area (Å²) in [6, 6.07) is 11.2. The van der Waals surface area contributed by atoms with E-state index in [0.717, 1.165) is 42.2 Å². The van der Waals surface area contributed by atoms with Gasteiger partial charge in [-0.05, 0) is 74.7 Å². The van der Waals surface area contributed by atoms with Gasteiger partial charge in [0.15, 0.2) is 9.84 Å². The number of rotatable bonds is 5. The van der Waals surface area contributed by atoms with Crippen LogP contribution in [0, 0.1) is 0 Å². The van der Waals surface area contributed by atoms with Crippen LogP contribution in [-0.4, -0.2) is 26.8 Å². The molecule has 2 aromatic rings. The van der Waals surface area contributed by atoms with E-state index in [9.17, 15) is 8.42 Å². The highest BCUT2D eigenvalue weighted by atomic mass is 35.5.